The number of amides is 1. The number of methoxy groups -OCH3 is 1. The normalized spacial score (nSPS) is 11.2. The molecule has 0 unspecified atom stereocenters. The van der Waals surface area contributed by atoms with Gasteiger partial charge in [-0.05, 0) is 70.0 Å². The highest BCUT2D eigenvalue weighted by atomic mass is 79.9. The van der Waals surface area contributed by atoms with Crippen LogP contribution in [0.15, 0.2) is 80.2 Å². The molecule has 0 spiro atoms. The first-order valence-electron chi connectivity index (χ1n) is 10.2. The van der Waals surface area contributed by atoms with Gasteiger partial charge in [-0.3, -0.25) is 14.2 Å². The standard InChI is InChI=1S/C24H18BrClN4O4S/c1-34-20-11-14(10-18(25)22(20)32)12-27-29-21(31)13-35-24-28-19-5-3-2-4-17(19)23(33)30(24)16-8-6-15(26)7-9-16/h2-12,32H,13H2,1H3,(H,29,31)/b27-12-. The fourth-order valence-corrected chi connectivity index (χ4v) is 4.58. The fraction of sp³-hybridized carbons (Fsp3) is 0.0833. The molecule has 0 radical (unpaired) electrons. The number of phenols is 1. The minimum Gasteiger partial charge on any atom is -0.503 e. The van der Waals surface area contributed by atoms with Crippen LogP contribution in [0.5, 0.6) is 11.5 Å². The molecule has 1 aromatic heterocycles. The van der Waals surface area contributed by atoms with Gasteiger partial charge in [0.05, 0.1) is 40.1 Å². The number of fused-ring (bicyclic) bond motifs is 1. The number of aromatic nitrogens is 2. The maximum absolute atomic E-state index is 13.2. The molecule has 0 saturated heterocycles. The fourth-order valence-electron chi connectivity index (χ4n) is 3.19. The predicted molar refractivity (Wildman–Crippen MR) is 141 cm³/mol. The number of carbonyl (C=O) groups excluding carboxylic acids is 1. The molecule has 3 aromatic carbocycles. The summed E-state index contributed by atoms with van der Waals surface area (Å²) in [5.74, 6) is -0.177. The molecule has 35 heavy (non-hydrogen) atoms. The Balaban J connectivity index is 1.54. The van der Waals surface area contributed by atoms with Gasteiger partial charge in [0.25, 0.3) is 11.5 Å². The molecule has 0 aliphatic carbocycles. The van der Waals surface area contributed by atoms with Crippen LogP contribution in [0, 0.1) is 0 Å². The van der Waals surface area contributed by atoms with Crippen LogP contribution in [0.1, 0.15) is 5.56 Å². The maximum atomic E-state index is 13.2. The zero-order valence-electron chi connectivity index (χ0n) is 18.2. The molecule has 0 saturated carbocycles. The average Bonchev–Trinajstić information content (AvgIpc) is 2.85. The van der Waals surface area contributed by atoms with Crippen LogP contribution in [-0.2, 0) is 4.79 Å². The topological polar surface area (TPSA) is 106 Å². The van der Waals surface area contributed by atoms with Gasteiger partial charge in [-0.25, -0.2) is 10.4 Å². The number of phenolic OH excluding ortho intramolecular Hbond substituents is 1. The molecular weight excluding hydrogens is 556 g/mol. The van der Waals surface area contributed by atoms with Crippen molar-refractivity contribution in [2.75, 3.05) is 12.9 Å². The Kier molecular flexibility index (Phi) is 7.74. The third kappa shape index (κ3) is 5.67. The van der Waals surface area contributed by atoms with Gasteiger partial charge in [0.2, 0.25) is 0 Å². The smallest absolute Gasteiger partial charge is 0.266 e. The Bertz CT molecular complexity index is 1490. The molecule has 1 heterocycles. The van der Waals surface area contributed by atoms with Crippen LogP contribution in [0.3, 0.4) is 0 Å². The van der Waals surface area contributed by atoms with E-state index in [0.717, 1.165) is 11.8 Å². The Labute approximate surface area is 217 Å². The van der Waals surface area contributed by atoms with Gasteiger partial charge in [-0.1, -0.05) is 35.5 Å². The lowest BCUT2D eigenvalue weighted by Crippen LogP contribution is -2.24. The lowest BCUT2D eigenvalue weighted by molar-refractivity contribution is -0.118. The number of aromatic hydroxyl groups is 1. The van der Waals surface area contributed by atoms with Crippen molar-refractivity contribution in [2.45, 2.75) is 5.16 Å². The summed E-state index contributed by atoms with van der Waals surface area (Å²) in [5.41, 5.74) is 3.93. The predicted octanol–water partition coefficient (Wildman–Crippen LogP) is 4.76. The summed E-state index contributed by atoms with van der Waals surface area (Å²) < 4.78 is 6.99. The number of hydrogen-bond donors (Lipinski definition) is 2. The first-order valence-corrected chi connectivity index (χ1v) is 12.3. The Morgan fingerprint density at radius 3 is 2.74 bits per heavy atom. The van der Waals surface area contributed by atoms with Crippen LogP contribution < -0.4 is 15.7 Å². The van der Waals surface area contributed by atoms with Crippen molar-refractivity contribution in [1.82, 2.24) is 15.0 Å². The number of halogens is 2. The van der Waals surface area contributed by atoms with E-state index in [1.54, 1.807) is 60.7 Å². The van der Waals surface area contributed by atoms with Gasteiger partial charge in [-0.15, -0.1) is 0 Å². The highest BCUT2D eigenvalue weighted by Crippen LogP contribution is 2.34. The summed E-state index contributed by atoms with van der Waals surface area (Å²) in [6.45, 7) is 0. The van der Waals surface area contributed by atoms with Crippen LogP contribution >= 0.6 is 39.3 Å². The van der Waals surface area contributed by atoms with E-state index < -0.39 is 0 Å². The van der Waals surface area contributed by atoms with E-state index in [1.165, 1.54) is 17.9 Å². The van der Waals surface area contributed by atoms with Crippen LogP contribution in [0.25, 0.3) is 16.6 Å². The third-order valence-corrected chi connectivity index (χ3v) is 6.63. The molecule has 4 aromatic rings. The molecule has 178 valence electrons. The maximum Gasteiger partial charge on any atom is 0.266 e. The summed E-state index contributed by atoms with van der Waals surface area (Å²) in [5, 5.41) is 15.2. The second-order valence-electron chi connectivity index (χ2n) is 7.16. The largest absolute Gasteiger partial charge is 0.503 e. The van der Waals surface area contributed by atoms with E-state index in [2.05, 4.69) is 31.4 Å². The highest BCUT2D eigenvalue weighted by molar-refractivity contribution is 9.10. The second-order valence-corrected chi connectivity index (χ2v) is 9.40. The Morgan fingerprint density at radius 2 is 2.00 bits per heavy atom. The van der Waals surface area contributed by atoms with E-state index in [1.807, 2.05) is 0 Å². The molecular formula is C24H18BrClN4O4S. The molecule has 4 rings (SSSR count). The number of carbonyl (C=O) groups is 1. The van der Waals surface area contributed by atoms with E-state index >= 15 is 0 Å². The lowest BCUT2D eigenvalue weighted by Gasteiger charge is -2.13. The molecule has 11 heteroatoms. The molecule has 0 bridgehead atoms. The molecule has 0 aliphatic rings. The number of nitrogens with zero attached hydrogens (tertiary/aromatic N) is 3. The van der Waals surface area contributed by atoms with Gasteiger partial charge >= 0.3 is 0 Å². The summed E-state index contributed by atoms with van der Waals surface area (Å²) in [6.07, 6.45) is 1.42. The van der Waals surface area contributed by atoms with Crippen molar-refractivity contribution in [1.29, 1.82) is 0 Å². The number of rotatable bonds is 7. The Morgan fingerprint density at radius 1 is 1.26 bits per heavy atom. The van der Waals surface area contributed by atoms with Crippen LogP contribution in [0.2, 0.25) is 5.02 Å². The van der Waals surface area contributed by atoms with Gasteiger partial charge in [0.15, 0.2) is 16.7 Å². The molecule has 8 nitrogen and oxygen atoms in total. The number of benzene rings is 3. The van der Waals surface area contributed by atoms with Crippen molar-refractivity contribution < 1.29 is 14.6 Å². The average molecular weight is 574 g/mol. The van der Waals surface area contributed by atoms with Crippen molar-refractivity contribution in [2.24, 2.45) is 5.10 Å². The molecule has 1 amide bonds. The van der Waals surface area contributed by atoms with Crippen molar-refractivity contribution in [3.05, 3.63) is 86.1 Å². The van der Waals surface area contributed by atoms with Crippen molar-refractivity contribution in [3.8, 4) is 17.2 Å². The number of hydrazone groups is 1. The van der Waals surface area contributed by atoms with E-state index in [-0.39, 0.29) is 28.7 Å². The number of thioether (sulfide) groups is 1. The highest BCUT2D eigenvalue weighted by Gasteiger charge is 2.15. The summed E-state index contributed by atoms with van der Waals surface area (Å²) >= 11 is 10.4. The van der Waals surface area contributed by atoms with Gasteiger partial charge in [0, 0.05) is 5.02 Å². The van der Waals surface area contributed by atoms with Gasteiger partial charge in [-0.2, -0.15) is 5.10 Å². The van der Waals surface area contributed by atoms with Crippen molar-refractivity contribution >= 4 is 62.3 Å². The minimum absolute atomic E-state index is 0.0281. The molecule has 0 aliphatic heterocycles. The second kappa shape index (κ2) is 10.9. The number of ether oxygens (including phenoxy) is 1. The van der Waals surface area contributed by atoms with Crippen LogP contribution in [0.4, 0.5) is 0 Å². The Hall–Kier alpha value is -3.34. The first kappa shape index (κ1) is 24.8. The van der Waals surface area contributed by atoms with E-state index in [4.69, 9.17) is 16.3 Å². The third-order valence-electron chi connectivity index (χ3n) is 4.84. The number of hydrogen-bond acceptors (Lipinski definition) is 7. The van der Waals surface area contributed by atoms with E-state index in [9.17, 15) is 14.7 Å². The summed E-state index contributed by atoms with van der Waals surface area (Å²) in [7, 11) is 1.44. The van der Waals surface area contributed by atoms with E-state index in [0.29, 0.717) is 36.8 Å². The molecule has 2 N–H and O–H groups in total. The van der Waals surface area contributed by atoms with Crippen LogP contribution in [-0.4, -0.2) is 39.6 Å². The summed E-state index contributed by atoms with van der Waals surface area (Å²) in [4.78, 5) is 30.3. The monoisotopic (exact) mass is 572 g/mol. The number of nitrogens with one attached hydrogen (secondary N) is 1. The first-order chi connectivity index (χ1) is 16.9. The SMILES string of the molecule is COc1cc(/C=N\NC(=O)CSc2nc3ccccc3c(=O)n2-c2ccc(Cl)cc2)cc(Br)c1O. The lowest BCUT2D eigenvalue weighted by atomic mass is 10.2. The molecule has 0 fully saturated rings. The van der Waals surface area contributed by atoms with Gasteiger partial charge < -0.3 is 9.84 Å². The minimum atomic E-state index is -0.388. The molecule has 0 atom stereocenters. The number of para-hydroxylation sites is 1. The quantitative estimate of drug-likeness (QED) is 0.143. The summed E-state index contributed by atoms with van der Waals surface area (Å²) in [6, 6.07) is 17.1. The van der Waals surface area contributed by atoms with Crippen molar-refractivity contribution in [3.63, 3.8) is 0 Å². The zero-order chi connectivity index (χ0) is 24.9. The van der Waals surface area contributed by atoms with Gasteiger partial charge in [0.1, 0.15) is 0 Å². The zero-order valence-corrected chi connectivity index (χ0v) is 21.4.